The van der Waals surface area contributed by atoms with Crippen molar-refractivity contribution < 1.29 is 27.9 Å². The van der Waals surface area contributed by atoms with Crippen LogP contribution >= 0.6 is 15.9 Å². The Balaban J connectivity index is 2.36. The van der Waals surface area contributed by atoms with Crippen molar-refractivity contribution in [3.8, 4) is 0 Å². The summed E-state index contributed by atoms with van der Waals surface area (Å²) in [6.07, 6.45) is 0.105. The van der Waals surface area contributed by atoms with Crippen LogP contribution in [0.3, 0.4) is 0 Å². The molecule has 1 amide bonds. The number of amides is 1. The first-order chi connectivity index (χ1) is 12.9. The average Bonchev–Trinajstić information content (AvgIpc) is 3.02. The van der Waals surface area contributed by atoms with Gasteiger partial charge in [0.2, 0.25) is 0 Å². The van der Waals surface area contributed by atoms with Gasteiger partial charge < -0.3 is 9.84 Å². The predicted molar refractivity (Wildman–Crippen MR) is 104 cm³/mol. The van der Waals surface area contributed by atoms with Crippen LogP contribution < -0.4 is 0 Å². The highest BCUT2D eigenvalue weighted by Gasteiger charge is 2.33. The van der Waals surface area contributed by atoms with E-state index in [1.54, 1.807) is 20.8 Å². The topological polar surface area (TPSA) is 119 Å². The summed E-state index contributed by atoms with van der Waals surface area (Å²) in [6.45, 7) is 4.52. The highest BCUT2D eigenvalue weighted by molar-refractivity contribution is 9.10. The molecule has 0 fully saturated rings. The van der Waals surface area contributed by atoms with Gasteiger partial charge in [-0.2, -0.15) is 4.31 Å². The second-order valence-electron chi connectivity index (χ2n) is 6.76. The van der Waals surface area contributed by atoms with Crippen LogP contribution in [0.5, 0.6) is 0 Å². The molecule has 0 aliphatic carbocycles. The van der Waals surface area contributed by atoms with Gasteiger partial charge in [-0.3, -0.25) is 0 Å². The number of rotatable bonds is 5. The van der Waals surface area contributed by atoms with Gasteiger partial charge in [0.1, 0.15) is 11.4 Å². The second-order valence-corrected chi connectivity index (χ2v) is 9.54. The van der Waals surface area contributed by atoms with Crippen molar-refractivity contribution in [3.63, 3.8) is 0 Å². The lowest BCUT2D eigenvalue weighted by molar-refractivity contribution is 0.0392. The molecule has 9 nitrogen and oxygen atoms in total. The molecule has 0 aliphatic heterocycles. The van der Waals surface area contributed by atoms with E-state index in [2.05, 4.69) is 20.9 Å². The Bertz CT molecular complexity index is 964. The smallest absolute Gasteiger partial charge is 0.424 e. The third kappa shape index (κ3) is 5.32. The number of imidazole rings is 1. The number of hydrogen-bond donors (Lipinski definition) is 1. The normalized spacial score (nSPS) is 11.9. The van der Waals surface area contributed by atoms with Gasteiger partial charge in [0.05, 0.1) is 4.90 Å². The lowest BCUT2D eigenvalue weighted by Crippen LogP contribution is -2.42. The van der Waals surface area contributed by atoms with Crippen molar-refractivity contribution in [3.05, 3.63) is 47.0 Å². The number of nitrogens with zero attached hydrogens (tertiary/aromatic N) is 3. The molecule has 0 bridgehead atoms. The molecule has 0 saturated heterocycles. The standard InChI is InChI=1S/C17H20BrN3O6S/c1-17(2,3)27-16(24)21(10-8-14-19-9-11-20(14)15(22)23)28(25,26)13-6-4-12(18)5-7-13/h4-7,9,11H,8,10H2,1-3H3,(H,22,23). The highest BCUT2D eigenvalue weighted by Crippen LogP contribution is 2.21. The summed E-state index contributed by atoms with van der Waals surface area (Å²) >= 11 is 3.23. The molecule has 1 N–H and O–H groups in total. The maximum absolute atomic E-state index is 13.0. The van der Waals surface area contributed by atoms with E-state index in [-0.39, 0.29) is 23.7 Å². The number of hydrogen-bond acceptors (Lipinski definition) is 6. The highest BCUT2D eigenvalue weighted by atomic mass is 79.9. The fraction of sp³-hybridized carbons (Fsp3) is 0.353. The van der Waals surface area contributed by atoms with Gasteiger partial charge in [-0.15, -0.1) is 0 Å². The van der Waals surface area contributed by atoms with Crippen molar-refractivity contribution in [1.29, 1.82) is 0 Å². The van der Waals surface area contributed by atoms with E-state index in [0.29, 0.717) is 8.78 Å². The van der Waals surface area contributed by atoms with Crippen LogP contribution in [0.4, 0.5) is 9.59 Å². The van der Waals surface area contributed by atoms with Crippen LogP contribution in [0.1, 0.15) is 26.6 Å². The summed E-state index contributed by atoms with van der Waals surface area (Å²) < 4.78 is 33.4. The Hall–Kier alpha value is -2.40. The molecular formula is C17H20BrN3O6S. The van der Waals surface area contributed by atoms with E-state index in [1.807, 2.05) is 0 Å². The van der Waals surface area contributed by atoms with Crippen molar-refractivity contribution >= 4 is 38.1 Å². The molecule has 28 heavy (non-hydrogen) atoms. The monoisotopic (exact) mass is 473 g/mol. The van der Waals surface area contributed by atoms with E-state index in [1.165, 1.54) is 36.7 Å². The predicted octanol–water partition coefficient (Wildman–Crippen LogP) is 3.34. The number of aromatic nitrogens is 2. The zero-order valence-corrected chi connectivity index (χ0v) is 17.9. The number of carbonyl (C=O) groups excluding carboxylic acids is 1. The number of sulfonamides is 1. The molecule has 0 saturated carbocycles. The van der Waals surface area contributed by atoms with E-state index in [9.17, 15) is 18.0 Å². The van der Waals surface area contributed by atoms with Crippen molar-refractivity contribution in [2.24, 2.45) is 0 Å². The zero-order valence-electron chi connectivity index (χ0n) is 15.5. The Morgan fingerprint density at radius 1 is 1.25 bits per heavy atom. The SMILES string of the molecule is CC(C)(C)OC(=O)N(CCc1nccn1C(=O)O)S(=O)(=O)c1ccc(Br)cc1. The molecule has 0 radical (unpaired) electrons. The van der Waals surface area contributed by atoms with Crippen LogP contribution in [0.25, 0.3) is 0 Å². The minimum Gasteiger partial charge on any atom is -0.464 e. The molecule has 2 aromatic rings. The van der Waals surface area contributed by atoms with Crippen molar-refractivity contribution in [2.45, 2.75) is 37.7 Å². The average molecular weight is 474 g/mol. The molecule has 11 heteroatoms. The fourth-order valence-electron chi connectivity index (χ4n) is 2.25. The second kappa shape index (κ2) is 8.31. The van der Waals surface area contributed by atoms with Crippen LogP contribution in [0.2, 0.25) is 0 Å². The summed E-state index contributed by atoms with van der Waals surface area (Å²) in [4.78, 5) is 27.6. The van der Waals surface area contributed by atoms with Crippen molar-refractivity contribution in [2.75, 3.05) is 6.54 Å². The van der Waals surface area contributed by atoms with Crippen LogP contribution in [0.15, 0.2) is 46.0 Å². The Morgan fingerprint density at radius 2 is 1.86 bits per heavy atom. The van der Waals surface area contributed by atoms with Gasteiger partial charge in [-0.05, 0) is 45.0 Å². The minimum atomic E-state index is -4.22. The van der Waals surface area contributed by atoms with Gasteiger partial charge in [0.25, 0.3) is 10.0 Å². The van der Waals surface area contributed by atoms with Gasteiger partial charge in [0, 0.05) is 29.8 Å². The zero-order chi connectivity index (χ0) is 21.1. The lowest BCUT2D eigenvalue weighted by atomic mass is 10.2. The molecular weight excluding hydrogens is 454 g/mol. The van der Waals surface area contributed by atoms with Crippen molar-refractivity contribution in [1.82, 2.24) is 13.9 Å². The molecule has 1 heterocycles. The number of carbonyl (C=O) groups is 2. The molecule has 0 atom stereocenters. The van der Waals surface area contributed by atoms with E-state index >= 15 is 0 Å². The Morgan fingerprint density at radius 3 is 2.39 bits per heavy atom. The third-order valence-corrected chi connectivity index (χ3v) is 5.77. The molecule has 0 spiro atoms. The van der Waals surface area contributed by atoms with Crippen LogP contribution in [-0.2, 0) is 21.2 Å². The summed E-state index contributed by atoms with van der Waals surface area (Å²) in [5.41, 5.74) is -0.913. The molecule has 152 valence electrons. The third-order valence-electron chi connectivity index (χ3n) is 3.46. The lowest BCUT2D eigenvalue weighted by Gasteiger charge is -2.27. The maximum Gasteiger partial charge on any atom is 0.424 e. The maximum atomic E-state index is 13.0. The summed E-state index contributed by atoms with van der Waals surface area (Å²) in [5, 5.41) is 9.14. The fourth-order valence-corrected chi connectivity index (χ4v) is 3.82. The Labute approximate surface area is 171 Å². The summed E-state index contributed by atoms with van der Waals surface area (Å²) in [5.74, 6) is 0.104. The van der Waals surface area contributed by atoms with Gasteiger partial charge in [-0.25, -0.2) is 27.6 Å². The molecule has 0 unspecified atom stereocenters. The molecule has 1 aromatic carbocycles. The summed E-state index contributed by atoms with van der Waals surface area (Å²) in [7, 11) is -4.22. The molecule has 0 aliphatic rings. The Kier molecular flexibility index (Phi) is 6.50. The number of benzene rings is 1. The molecule has 1 aromatic heterocycles. The number of halogens is 1. The van der Waals surface area contributed by atoms with E-state index in [4.69, 9.17) is 9.84 Å². The van der Waals surface area contributed by atoms with Gasteiger partial charge in [-0.1, -0.05) is 15.9 Å². The first-order valence-electron chi connectivity index (χ1n) is 8.18. The van der Waals surface area contributed by atoms with E-state index < -0.39 is 27.8 Å². The van der Waals surface area contributed by atoms with E-state index in [0.717, 1.165) is 4.57 Å². The number of carboxylic acid groups (broad SMARTS) is 1. The first kappa shape index (κ1) is 21.9. The largest absolute Gasteiger partial charge is 0.464 e. The quantitative estimate of drug-likeness (QED) is 0.706. The number of ether oxygens (including phenoxy) is 1. The van der Waals surface area contributed by atoms with Gasteiger partial charge >= 0.3 is 12.2 Å². The first-order valence-corrected chi connectivity index (χ1v) is 10.4. The molecule has 2 rings (SSSR count). The van der Waals surface area contributed by atoms with Crippen LogP contribution in [0, 0.1) is 0 Å². The summed E-state index contributed by atoms with van der Waals surface area (Å²) in [6, 6.07) is 5.79. The van der Waals surface area contributed by atoms with Gasteiger partial charge in [0.15, 0.2) is 0 Å². The minimum absolute atomic E-state index is 0.0943. The van der Waals surface area contributed by atoms with Crippen LogP contribution in [-0.4, -0.2) is 51.7 Å².